The van der Waals surface area contributed by atoms with Crippen LogP contribution < -0.4 is 4.74 Å². The maximum Gasteiger partial charge on any atom is 0.213 e. The Morgan fingerprint density at radius 1 is 1.53 bits per heavy atom. The standard InChI is InChI=1S/C15H21FN2O/c1-4-15-7-12(14(15)18(3)10(15)2)19-13-6-5-11(8-16)9-17-13/h5-6,9-10,12,14H,4,7-8H2,1-3H3. The summed E-state index contributed by atoms with van der Waals surface area (Å²) in [5, 5.41) is 0. The zero-order valence-corrected chi connectivity index (χ0v) is 11.8. The summed E-state index contributed by atoms with van der Waals surface area (Å²) in [5.41, 5.74) is 1.04. The third-order valence-electron chi connectivity index (χ3n) is 5.29. The highest BCUT2D eigenvalue weighted by molar-refractivity contribution is 5.23. The van der Waals surface area contributed by atoms with Crippen LogP contribution in [0.15, 0.2) is 18.3 Å². The minimum absolute atomic E-state index is 0.227. The molecule has 0 radical (unpaired) electrons. The fraction of sp³-hybridized carbons (Fsp3) is 0.667. The average Bonchev–Trinajstić information content (AvgIpc) is 2.43. The van der Waals surface area contributed by atoms with Gasteiger partial charge in [0.05, 0.1) is 6.04 Å². The van der Waals surface area contributed by atoms with E-state index in [2.05, 4.69) is 30.8 Å². The number of pyridine rings is 1. The smallest absolute Gasteiger partial charge is 0.213 e. The Morgan fingerprint density at radius 2 is 2.32 bits per heavy atom. The molecule has 2 aliphatic rings. The number of nitrogens with zero attached hydrogens (tertiary/aromatic N) is 2. The molecule has 1 aliphatic carbocycles. The van der Waals surface area contributed by atoms with Gasteiger partial charge in [-0.1, -0.05) is 6.92 Å². The van der Waals surface area contributed by atoms with E-state index in [-0.39, 0.29) is 6.10 Å². The zero-order chi connectivity index (χ0) is 13.6. The third-order valence-corrected chi connectivity index (χ3v) is 5.29. The molecule has 0 bridgehead atoms. The van der Waals surface area contributed by atoms with Gasteiger partial charge in [0.25, 0.3) is 0 Å². The molecule has 2 fully saturated rings. The number of halogens is 1. The highest BCUT2D eigenvalue weighted by atomic mass is 19.1. The predicted octanol–water partition coefficient (Wildman–Crippen LogP) is 2.80. The van der Waals surface area contributed by atoms with Crippen LogP contribution in [-0.4, -0.2) is 35.1 Å². The van der Waals surface area contributed by atoms with Crippen LogP contribution in [0.3, 0.4) is 0 Å². The number of likely N-dealkylation sites (tertiary alicyclic amines) is 1. The highest BCUT2D eigenvalue weighted by Gasteiger charge is 2.67. The lowest BCUT2D eigenvalue weighted by Gasteiger charge is -2.71. The Bertz CT molecular complexity index is 464. The summed E-state index contributed by atoms with van der Waals surface area (Å²) in [6, 6.07) is 4.66. The SMILES string of the molecule is CCC12CC(Oc3ccc(CF)cn3)C1N(C)C2C. The average molecular weight is 264 g/mol. The van der Waals surface area contributed by atoms with Crippen LogP contribution in [-0.2, 0) is 6.67 Å². The van der Waals surface area contributed by atoms with Gasteiger partial charge in [-0.2, -0.15) is 0 Å². The summed E-state index contributed by atoms with van der Waals surface area (Å²) in [7, 11) is 2.17. The van der Waals surface area contributed by atoms with Crippen LogP contribution in [0, 0.1) is 5.41 Å². The van der Waals surface area contributed by atoms with Crippen molar-refractivity contribution in [1.29, 1.82) is 0 Å². The monoisotopic (exact) mass is 264 g/mol. The molecule has 19 heavy (non-hydrogen) atoms. The number of aromatic nitrogens is 1. The molecule has 0 aromatic carbocycles. The van der Waals surface area contributed by atoms with Crippen molar-refractivity contribution in [2.45, 2.75) is 51.6 Å². The number of hydrogen-bond acceptors (Lipinski definition) is 3. The van der Waals surface area contributed by atoms with E-state index in [1.165, 1.54) is 6.42 Å². The topological polar surface area (TPSA) is 25.4 Å². The van der Waals surface area contributed by atoms with Crippen LogP contribution in [0.2, 0.25) is 0 Å². The summed E-state index contributed by atoms with van der Waals surface area (Å²) < 4.78 is 18.4. The Hall–Kier alpha value is -1.16. The Balaban J connectivity index is 1.66. The lowest BCUT2D eigenvalue weighted by Crippen LogP contribution is -2.81. The minimum atomic E-state index is -0.474. The molecule has 1 aromatic rings. The van der Waals surface area contributed by atoms with Gasteiger partial charge in [-0.15, -0.1) is 0 Å². The van der Waals surface area contributed by atoms with Gasteiger partial charge in [-0.05, 0) is 32.9 Å². The number of likely N-dealkylation sites (N-methyl/N-ethyl adjacent to an activating group) is 1. The van der Waals surface area contributed by atoms with E-state index in [0.717, 1.165) is 6.42 Å². The maximum atomic E-state index is 12.4. The van der Waals surface area contributed by atoms with Crippen LogP contribution in [0.25, 0.3) is 0 Å². The molecule has 4 atom stereocenters. The fourth-order valence-electron chi connectivity index (χ4n) is 3.94. The molecule has 4 heteroatoms. The largest absolute Gasteiger partial charge is 0.473 e. The van der Waals surface area contributed by atoms with Gasteiger partial charge in [0.15, 0.2) is 0 Å². The van der Waals surface area contributed by atoms with Crippen LogP contribution in [0.1, 0.15) is 32.3 Å². The first kappa shape index (κ1) is 12.9. The van der Waals surface area contributed by atoms with E-state index in [0.29, 0.717) is 28.9 Å². The number of ether oxygens (including phenoxy) is 1. The number of alkyl halides is 1. The molecule has 3 rings (SSSR count). The molecule has 1 aromatic heterocycles. The Morgan fingerprint density at radius 3 is 2.89 bits per heavy atom. The van der Waals surface area contributed by atoms with Crippen molar-refractivity contribution in [3.05, 3.63) is 23.9 Å². The second-order valence-corrected chi connectivity index (χ2v) is 5.87. The normalized spacial score (nSPS) is 37.2. The van der Waals surface area contributed by atoms with Gasteiger partial charge in [0.2, 0.25) is 5.88 Å². The van der Waals surface area contributed by atoms with Crippen molar-refractivity contribution in [2.75, 3.05) is 7.05 Å². The summed E-state index contributed by atoms with van der Waals surface area (Å²) >= 11 is 0. The number of rotatable bonds is 4. The van der Waals surface area contributed by atoms with Crippen molar-refractivity contribution in [3.8, 4) is 5.88 Å². The summed E-state index contributed by atoms with van der Waals surface area (Å²) in [6.07, 6.45) is 4.09. The van der Waals surface area contributed by atoms with Crippen LogP contribution in [0.4, 0.5) is 4.39 Å². The van der Waals surface area contributed by atoms with Crippen LogP contribution >= 0.6 is 0 Å². The lowest BCUT2D eigenvalue weighted by atomic mass is 9.50. The van der Waals surface area contributed by atoms with E-state index in [4.69, 9.17) is 4.74 Å². The lowest BCUT2D eigenvalue weighted by molar-refractivity contribution is -0.243. The van der Waals surface area contributed by atoms with Gasteiger partial charge >= 0.3 is 0 Å². The quantitative estimate of drug-likeness (QED) is 0.836. The summed E-state index contributed by atoms with van der Waals surface area (Å²) in [6.45, 7) is 4.09. The second-order valence-electron chi connectivity index (χ2n) is 5.87. The molecular weight excluding hydrogens is 243 g/mol. The molecule has 104 valence electrons. The Labute approximate surface area is 113 Å². The van der Waals surface area contributed by atoms with Gasteiger partial charge in [-0.25, -0.2) is 9.37 Å². The summed E-state index contributed by atoms with van der Waals surface area (Å²) in [5.74, 6) is 0.611. The second kappa shape index (κ2) is 4.44. The van der Waals surface area contributed by atoms with Crippen molar-refractivity contribution < 1.29 is 9.13 Å². The van der Waals surface area contributed by atoms with Crippen molar-refractivity contribution in [3.63, 3.8) is 0 Å². The van der Waals surface area contributed by atoms with Gasteiger partial charge < -0.3 is 4.74 Å². The zero-order valence-electron chi connectivity index (χ0n) is 11.8. The van der Waals surface area contributed by atoms with Gasteiger partial charge in [0, 0.05) is 29.3 Å². The van der Waals surface area contributed by atoms with E-state index < -0.39 is 6.67 Å². The maximum absolute atomic E-state index is 12.4. The molecular formula is C15H21FN2O. The molecule has 1 saturated heterocycles. The first-order valence-electron chi connectivity index (χ1n) is 7.02. The van der Waals surface area contributed by atoms with Crippen molar-refractivity contribution in [1.82, 2.24) is 9.88 Å². The van der Waals surface area contributed by atoms with Crippen molar-refractivity contribution >= 4 is 0 Å². The van der Waals surface area contributed by atoms with E-state index in [9.17, 15) is 4.39 Å². The Kier molecular flexibility index (Phi) is 3.01. The first-order valence-corrected chi connectivity index (χ1v) is 7.02. The minimum Gasteiger partial charge on any atom is -0.473 e. The highest BCUT2D eigenvalue weighted by Crippen LogP contribution is 2.59. The molecule has 0 N–H and O–H groups in total. The molecule has 1 saturated carbocycles. The van der Waals surface area contributed by atoms with Gasteiger partial charge in [0.1, 0.15) is 12.8 Å². The van der Waals surface area contributed by atoms with Crippen LogP contribution in [0.5, 0.6) is 5.88 Å². The molecule has 0 spiro atoms. The third kappa shape index (κ3) is 1.69. The van der Waals surface area contributed by atoms with Gasteiger partial charge in [-0.3, -0.25) is 4.90 Å². The van der Waals surface area contributed by atoms with E-state index >= 15 is 0 Å². The fourth-order valence-corrected chi connectivity index (χ4v) is 3.94. The first-order chi connectivity index (χ1) is 9.12. The van der Waals surface area contributed by atoms with E-state index in [1.807, 2.05) is 0 Å². The number of hydrogen-bond donors (Lipinski definition) is 0. The molecule has 1 aliphatic heterocycles. The number of piperidine rings is 1. The molecule has 3 nitrogen and oxygen atoms in total. The molecule has 2 heterocycles. The summed E-state index contributed by atoms with van der Waals surface area (Å²) in [4.78, 5) is 6.56. The van der Waals surface area contributed by atoms with E-state index in [1.54, 1.807) is 18.3 Å². The molecule has 4 unspecified atom stereocenters. The molecule has 0 amide bonds. The number of fused-ring (bicyclic) bond motifs is 1. The van der Waals surface area contributed by atoms with Crippen molar-refractivity contribution in [2.24, 2.45) is 5.41 Å². The predicted molar refractivity (Wildman–Crippen MR) is 71.8 cm³/mol.